The van der Waals surface area contributed by atoms with Gasteiger partial charge in [-0.2, -0.15) is 5.10 Å². The van der Waals surface area contributed by atoms with E-state index in [1.807, 2.05) is 0 Å². The van der Waals surface area contributed by atoms with E-state index in [1.165, 1.54) is 10.9 Å². The average molecular weight is 300 g/mol. The minimum absolute atomic E-state index is 0.0865. The molecular formula is C12H20N4O5. The van der Waals surface area contributed by atoms with E-state index in [1.54, 1.807) is 7.11 Å². The van der Waals surface area contributed by atoms with Crippen molar-refractivity contribution >= 4 is 5.69 Å². The van der Waals surface area contributed by atoms with Crippen LogP contribution >= 0.6 is 0 Å². The summed E-state index contributed by atoms with van der Waals surface area (Å²) in [5.74, 6) is 0. The predicted octanol–water partition coefficient (Wildman–Crippen LogP) is -0.453. The summed E-state index contributed by atoms with van der Waals surface area (Å²) in [5, 5.41) is 27.4. The molecule has 1 fully saturated rings. The maximum absolute atomic E-state index is 10.5. The summed E-state index contributed by atoms with van der Waals surface area (Å²) in [6.07, 6.45) is 2.58. The fraction of sp³-hybridized carbons (Fsp3) is 0.750. The third-order valence-electron chi connectivity index (χ3n) is 3.56. The quantitative estimate of drug-likeness (QED) is 0.494. The fourth-order valence-corrected chi connectivity index (χ4v) is 2.25. The maximum atomic E-state index is 10.5. The molecule has 0 bridgehead atoms. The molecule has 21 heavy (non-hydrogen) atoms. The van der Waals surface area contributed by atoms with Crippen molar-refractivity contribution in [3.63, 3.8) is 0 Å². The fourth-order valence-electron chi connectivity index (χ4n) is 2.25. The molecule has 9 heteroatoms. The minimum Gasteiger partial charge on any atom is -0.390 e. The van der Waals surface area contributed by atoms with Gasteiger partial charge in [-0.15, -0.1) is 0 Å². The first-order valence-electron chi connectivity index (χ1n) is 6.73. The predicted molar refractivity (Wildman–Crippen MR) is 72.9 cm³/mol. The summed E-state index contributed by atoms with van der Waals surface area (Å²) >= 11 is 0. The Labute approximate surface area is 122 Å². The standard InChI is InChI=1S/C12H20N4O5/c1-20-12(2-3-21-9-12)8-13-5-11(17)7-15-6-10(4-14-15)16(18)19/h4,6,11,13,17H,2-3,5,7-9H2,1H3. The second-order valence-electron chi connectivity index (χ2n) is 5.15. The van der Waals surface area contributed by atoms with Crippen LogP contribution in [-0.2, 0) is 16.0 Å². The van der Waals surface area contributed by atoms with Gasteiger partial charge in [0.05, 0.1) is 24.2 Å². The third-order valence-corrected chi connectivity index (χ3v) is 3.56. The van der Waals surface area contributed by atoms with Gasteiger partial charge in [-0.05, 0) is 0 Å². The molecule has 0 amide bonds. The van der Waals surface area contributed by atoms with E-state index in [2.05, 4.69) is 10.4 Å². The number of aliphatic hydroxyl groups is 1. The normalized spacial score (nSPS) is 23.3. The van der Waals surface area contributed by atoms with E-state index in [0.29, 0.717) is 26.3 Å². The molecule has 1 aromatic heterocycles. The van der Waals surface area contributed by atoms with Crippen molar-refractivity contribution in [3.8, 4) is 0 Å². The Kier molecular flexibility index (Phi) is 5.23. The van der Waals surface area contributed by atoms with Gasteiger partial charge in [0, 0.05) is 33.2 Å². The molecule has 0 aromatic carbocycles. The second-order valence-corrected chi connectivity index (χ2v) is 5.15. The van der Waals surface area contributed by atoms with E-state index in [9.17, 15) is 15.2 Å². The molecule has 2 unspecified atom stereocenters. The van der Waals surface area contributed by atoms with Gasteiger partial charge in [-0.25, -0.2) is 0 Å². The Hall–Kier alpha value is -1.55. The zero-order valence-electron chi connectivity index (χ0n) is 11.9. The van der Waals surface area contributed by atoms with Crippen LogP contribution < -0.4 is 5.32 Å². The highest BCUT2D eigenvalue weighted by atomic mass is 16.6. The lowest BCUT2D eigenvalue weighted by Crippen LogP contribution is -2.45. The van der Waals surface area contributed by atoms with Gasteiger partial charge in [-0.1, -0.05) is 0 Å². The van der Waals surface area contributed by atoms with E-state index in [4.69, 9.17) is 9.47 Å². The van der Waals surface area contributed by atoms with Crippen molar-refractivity contribution in [2.45, 2.75) is 24.7 Å². The molecule has 1 aliphatic heterocycles. The van der Waals surface area contributed by atoms with Gasteiger partial charge in [0.1, 0.15) is 18.0 Å². The minimum atomic E-state index is -0.694. The molecule has 118 valence electrons. The maximum Gasteiger partial charge on any atom is 0.306 e. The summed E-state index contributed by atoms with van der Waals surface area (Å²) in [7, 11) is 1.65. The number of nitro groups is 1. The first kappa shape index (κ1) is 15.8. The van der Waals surface area contributed by atoms with E-state index in [-0.39, 0.29) is 17.8 Å². The van der Waals surface area contributed by atoms with Gasteiger partial charge in [0.15, 0.2) is 0 Å². The van der Waals surface area contributed by atoms with Gasteiger partial charge < -0.3 is 19.9 Å². The number of hydrogen-bond donors (Lipinski definition) is 2. The first-order chi connectivity index (χ1) is 10.0. The van der Waals surface area contributed by atoms with Crippen molar-refractivity contribution in [1.82, 2.24) is 15.1 Å². The number of rotatable bonds is 8. The molecule has 0 saturated carbocycles. The Morgan fingerprint density at radius 3 is 3.14 bits per heavy atom. The molecule has 2 rings (SSSR count). The van der Waals surface area contributed by atoms with Crippen molar-refractivity contribution in [1.29, 1.82) is 0 Å². The van der Waals surface area contributed by atoms with Crippen LogP contribution in [0, 0.1) is 10.1 Å². The number of nitrogens with zero attached hydrogens (tertiary/aromatic N) is 3. The van der Waals surface area contributed by atoms with Crippen molar-refractivity contribution < 1.29 is 19.5 Å². The van der Waals surface area contributed by atoms with Crippen LogP contribution in [0.15, 0.2) is 12.4 Å². The number of methoxy groups -OCH3 is 1. The summed E-state index contributed by atoms with van der Waals surface area (Å²) in [6.45, 7) is 2.34. The second kappa shape index (κ2) is 6.94. The third kappa shape index (κ3) is 4.21. The Morgan fingerprint density at radius 1 is 1.76 bits per heavy atom. The lowest BCUT2D eigenvalue weighted by molar-refractivity contribution is -0.385. The molecule has 0 spiro atoms. The van der Waals surface area contributed by atoms with Crippen LogP contribution in [0.3, 0.4) is 0 Å². The molecule has 0 radical (unpaired) electrons. The molecule has 1 aliphatic rings. The highest BCUT2D eigenvalue weighted by Gasteiger charge is 2.34. The zero-order valence-corrected chi connectivity index (χ0v) is 11.9. The first-order valence-corrected chi connectivity index (χ1v) is 6.73. The Morgan fingerprint density at radius 2 is 2.57 bits per heavy atom. The van der Waals surface area contributed by atoms with Crippen molar-refractivity contribution in [3.05, 3.63) is 22.5 Å². The number of ether oxygens (including phenoxy) is 2. The topological polar surface area (TPSA) is 112 Å². The lowest BCUT2D eigenvalue weighted by Gasteiger charge is -2.26. The molecule has 1 aromatic rings. The van der Waals surface area contributed by atoms with Crippen LogP contribution in [0.25, 0.3) is 0 Å². The van der Waals surface area contributed by atoms with Gasteiger partial charge in [0.25, 0.3) is 0 Å². The molecular weight excluding hydrogens is 280 g/mol. The number of aliphatic hydroxyl groups excluding tert-OH is 1. The van der Waals surface area contributed by atoms with Crippen LogP contribution in [0.5, 0.6) is 0 Å². The van der Waals surface area contributed by atoms with Gasteiger partial charge in [0.2, 0.25) is 0 Å². The Balaban J connectivity index is 1.74. The largest absolute Gasteiger partial charge is 0.390 e. The van der Waals surface area contributed by atoms with Gasteiger partial charge in [-0.3, -0.25) is 14.8 Å². The van der Waals surface area contributed by atoms with Crippen LogP contribution in [-0.4, -0.2) is 64.9 Å². The van der Waals surface area contributed by atoms with E-state index < -0.39 is 11.0 Å². The molecule has 0 aliphatic carbocycles. The Bertz CT molecular complexity index is 472. The molecule has 9 nitrogen and oxygen atoms in total. The van der Waals surface area contributed by atoms with Crippen LogP contribution in [0.1, 0.15) is 6.42 Å². The number of hydrogen-bond acceptors (Lipinski definition) is 7. The summed E-state index contributed by atoms with van der Waals surface area (Å²) in [6, 6.07) is 0. The SMILES string of the molecule is COC1(CNCC(O)Cn2cc([N+](=O)[O-])cn2)CCOC1. The summed E-state index contributed by atoms with van der Waals surface area (Å²) < 4.78 is 12.1. The molecule has 1 saturated heterocycles. The summed E-state index contributed by atoms with van der Waals surface area (Å²) in [5.41, 5.74) is -0.416. The van der Waals surface area contributed by atoms with Crippen LogP contribution in [0.4, 0.5) is 5.69 Å². The van der Waals surface area contributed by atoms with E-state index >= 15 is 0 Å². The lowest BCUT2D eigenvalue weighted by atomic mass is 10.0. The highest BCUT2D eigenvalue weighted by Crippen LogP contribution is 2.21. The number of aromatic nitrogens is 2. The van der Waals surface area contributed by atoms with Crippen LogP contribution in [0.2, 0.25) is 0 Å². The molecule has 2 N–H and O–H groups in total. The van der Waals surface area contributed by atoms with Crippen molar-refractivity contribution in [2.75, 3.05) is 33.4 Å². The zero-order chi connectivity index (χ0) is 15.3. The smallest absolute Gasteiger partial charge is 0.306 e. The average Bonchev–Trinajstić information content (AvgIpc) is 3.08. The van der Waals surface area contributed by atoms with E-state index in [0.717, 1.165) is 12.6 Å². The highest BCUT2D eigenvalue weighted by molar-refractivity contribution is 5.20. The molecule has 2 atom stereocenters. The number of nitrogens with one attached hydrogen (secondary N) is 1. The summed E-state index contributed by atoms with van der Waals surface area (Å²) in [4.78, 5) is 10.0. The van der Waals surface area contributed by atoms with Crippen molar-refractivity contribution in [2.24, 2.45) is 0 Å². The monoisotopic (exact) mass is 300 g/mol. The molecule has 2 heterocycles. The van der Waals surface area contributed by atoms with Gasteiger partial charge >= 0.3 is 5.69 Å².